The van der Waals surface area contributed by atoms with Crippen molar-refractivity contribution in [3.8, 4) is 0 Å². The maximum Gasteiger partial charge on any atom is 0.146 e. The molecule has 1 heterocycles. The SMILES string of the molecule is Cc1nc(Br)cc(N(C)c2ccccc2F)n1. The Bertz CT molecular complexity index is 525. The van der Waals surface area contributed by atoms with Gasteiger partial charge in [-0.1, -0.05) is 12.1 Å². The van der Waals surface area contributed by atoms with Crippen LogP contribution in [0.1, 0.15) is 5.82 Å². The Morgan fingerprint density at radius 1 is 1.24 bits per heavy atom. The number of aromatic nitrogens is 2. The van der Waals surface area contributed by atoms with E-state index in [1.807, 2.05) is 0 Å². The van der Waals surface area contributed by atoms with Gasteiger partial charge < -0.3 is 4.90 Å². The first-order valence-electron chi connectivity index (χ1n) is 5.07. The van der Waals surface area contributed by atoms with Crippen LogP contribution >= 0.6 is 15.9 Å². The van der Waals surface area contributed by atoms with E-state index in [2.05, 4.69) is 25.9 Å². The number of nitrogens with zero attached hydrogens (tertiary/aromatic N) is 3. The lowest BCUT2D eigenvalue weighted by Crippen LogP contribution is -2.13. The third-order valence-corrected chi connectivity index (χ3v) is 2.76. The van der Waals surface area contributed by atoms with Gasteiger partial charge in [0.1, 0.15) is 22.1 Å². The zero-order valence-corrected chi connectivity index (χ0v) is 11.1. The molecule has 1 aromatic carbocycles. The van der Waals surface area contributed by atoms with Crippen LogP contribution in [0.15, 0.2) is 34.9 Å². The van der Waals surface area contributed by atoms with Crippen LogP contribution in [0.3, 0.4) is 0 Å². The third kappa shape index (κ3) is 2.61. The standard InChI is InChI=1S/C12H11BrFN3/c1-8-15-11(13)7-12(16-8)17(2)10-6-4-3-5-9(10)14/h3-7H,1-2H3. The molecule has 3 nitrogen and oxygen atoms in total. The molecule has 5 heteroatoms. The molecule has 2 aromatic rings. The predicted octanol–water partition coefficient (Wildman–Crippen LogP) is 3.45. The Kier molecular flexibility index (Phi) is 3.38. The molecule has 0 N–H and O–H groups in total. The molecule has 2 rings (SSSR count). The monoisotopic (exact) mass is 295 g/mol. The number of hydrogen-bond acceptors (Lipinski definition) is 3. The summed E-state index contributed by atoms with van der Waals surface area (Å²) in [6.45, 7) is 1.80. The second-order valence-electron chi connectivity index (χ2n) is 3.61. The summed E-state index contributed by atoms with van der Waals surface area (Å²) in [7, 11) is 1.77. The van der Waals surface area contributed by atoms with Gasteiger partial charge in [0.2, 0.25) is 0 Å². The molecule has 0 saturated carbocycles. The average molecular weight is 296 g/mol. The minimum Gasteiger partial charge on any atom is -0.327 e. The van der Waals surface area contributed by atoms with E-state index in [4.69, 9.17) is 0 Å². The number of hydrogen-bond donors (Lipinski definition) is 0. The Balaban J connectivity index is 2.43. The van der Waals surface area contributed by atoms with Gasteiger partial charge >= 0.3 is 0 Å². The van der Waals surface area contributed by atoms with Gasteiger partial charge in [-0.2, -0.15) is 0 Å². The number of anilines is 2. The first-order valence-corrected chi connectivity index (χ1v) is 5.86. The van der Waals surface area contributed by atoms with Crippen LogP contribution in [-0.2, 0) is 0 Å². The summed E-state index contributed by atoms with van der Waals surface area (Å²) < 4.78 is 14.3. The van der Waals surface area contributed by atoms with Gasteiger partial charge in [0, 0.05) is 13.1 Å². The van der Waals surface area contributed by atoms with Crippen molar-refractivity contribution in [1.29, 1.82) is 0 Å². The molecule has 0 unspecified atom stereocenters. The van der Waals surface area contributed by atoms with Crippen LogP contribution in [0.25, 0.3) is 0 Å². The van der Waals surface area contributed by atoms with Gasteiger partial charge in [0.05, 0.1) is 5.69 Å². The van der Waals surface area contributed by atoms with Gasteiger partial charge in [0.25, 0.3) is 0 Å². The van der Waals surface area contributed by atoms with E-state index in [9.17, 15) is 4.39 Å². The molecular formula is C12H11BrFN3. The Labute approximate surface area is 107 Å². The molecule has 0 spiro atoms. The van der Waals surface area contributed by atoms with Crippen molar-refractivity contribution in [3.05, 3.63) is 46.6 Å². The molecule has 0 aliphatic carbocycles. The van der Waals surface area contributed by atoms with E-state index in [-0.39, 0.29) is 5.82 Å². The largest absolute Gasteiger partial charge is 0.327 e. The summed E-state index contributed by atoms with van der Waals surface area (Å²) in [6, 6.07) is 8.33. The first kappa shape index (κ1) is 12.0. The highest BCUT2D eigenvalue weighted by atomic mass is 79.9. The van der Waals surface area contributed by atoms with Gasteiger partial charge in [-0.15, -0.1) is 0 Å². The van der Waals surface area contributed by atoms with Crippen LogP contribution in [-0.4, -0.2) is 17.0 Å². The first-order chi connectivity index (χ1) is 8.08. The van der Waals surface area contributed by atoms with Crippen molar-refractivity contribution in [1.82, 2.24) is 9.97 Å². The number of rotatable bonds is 2. The zero-order valence-electron chi connectivity index (χ0n) is 9.48. The maximum atomic E-state index is 13.6. The van der Waals surface area contributed by atoms with Crippen LogP contribution in [0.4, 0.5) is 15.9 Å². The molecule has 1 aromatic heterocycles. The minimum absolute atomic E-state index is 0.276. The predicted molar refractivity (Wildman–Crippen MR) is 68.9 cm³/mol. The fourth-order valence-electron chi connectivity index (χ4n) is 1.54. The van der Waals surface area contributed by atoms with E-state index in [1.165, 1.54) is 6.07 Å². The topological polar surface area (TPSA) is 29.0 Å². The molecule has 0 aliphatic rings. The highest BCUT2D eigenvalue weighted by Crippen LogP contribution is 2.25. The van der Waals surface area contributed by atoms with Gasteiger partial charge in [0.15, 0.2) is 0 Å². The molecule has 88 valence electrons. The number of halogens is 2. The van der Waals surface area contributed by atoms with Crippen molar-refractivity contribution in [3.63, 3.8) is 0 Å². The Morgan fingerprint density at radius 2 is 1.94 bits per heavy atom. The van der Waals surface area contributed by atoms with E-state index in [0.29, 0.717) is 21.9 Å². The number of benzene rings is 1. The van der Waals surface area contributed by atoms with Gasteiger partial charge in [-0.3, -0.25) is 0 Å². The Hall–Kier alpha value is -1.49. The quantitative estimate of drug-likeness (QED) is 0.795. The average Bonchev–Trinajstić information content (AvgIpc) is 2.27. The molecule has 0 bridgehead atoms. The summed E-state index contributed by atoms with van der Waals surface area (Å²) in [6.07, 6.45) is 0. The van der Waals surface area contributed by atoms with Gasteiger partial charge in [-0.25, -0.2) is 14.4 Å². The van der Waals surface area contributed by atoms with Crippen molar-refractivity contribution >= 4 is 27.4 Å². The number of para-hydroxylation sites is 1. The smallest absolute Gasteiger partial charge is 0.146 e. The van der Waals surface area contributed by atoms with Gasteiger partial charge in [-0.05, 0) is 35.0 Å². The Morgan fingerprint density at radius 3 is 2.59 bits per heavy atom. The minimum atomic E-state index is -0.276. The molecule has 0 aliphatic heterocycles. The normalized spacial score (nSPS) is 10.4. The molecule has 0 atom stereocenters. The summed E-state index contributed by atoms with van der Waals surface area (Å²) in [5, 5.41) is 0. The van der Waals surface area contributed by atoms with Crippen LogP contribution in [0.2, 0.25) is 0 Å². The van der Waals surface area contributed by atoms with Crippen molar-refractivity contribution in [2.45, 2.75) is 6.92 Å². The molecule has 0 saturated heterocycles. The van der Waals surface area contributed by atoms with Crippen molar-refractivity contribution in [2.75, 3.05) is 11.9 Å². The summed E-state index contributed by atoms with van der Waals surface area (Å²) in [5.41, 5.74) is 0.484. The highest BCUT2D eigenvalue weighted by Gasteiger charge is 2.11. The molecule has 17 heavy (non-hydrogen) atoms. The second-order valence-corrected chi connectivity index (χ2v) is 4.42. The van der Waals surface area contributed by atoms with E-state index in [1.54, 1.807) is 43.1 Å². The highest BCUT2D eigenvalue weighted by molar-refractivity contribution is 9.10. The zero-order chi connectivity index (χ0) is 12.4. The van der Waals surface area contributed by atoms with Crippen LogP contribution in [0.5, 0.6) is 0 Å². The molecular weight excluding hydrogens is 285 g/mol. The second kappa shape index (κ2) is 4.79. The van der Waals surface area contributed by atoms with E-state index < -0.39 is 0 Å². The van der Waals surface area contributed by atoms with E-state index in [0.717, 1.165) is 0 Å². The lowest BCUT2D eigenvalue weighted by molar-refractivity contribution is 0.627. The van der Waals surface area contributed by atoms with Crippen LogP contribution in [0, 0.1) is 12.7 Å². The lowest BCUT2D eigenvalue weighted by atomic mass is 10.3. The number of aryl methyl sites for hydroxylation is 1. The lowest BCUT2D eigenvalue weighted by Gasteiger charge is -2.19. The molecule has 0 amide bonds. The molecule has 0 fully saturated rings. The van der Waals surface area contributed by atoms with Crippen molar-refractivity contribution in [2.24, 2.45) is 0 Å². The molecule has 0 radical (unpaired) electrons. The maximum absolute atomic E-state index is 13.6. The fraction of sp³-hybridized carbons (Fsp3) is 0.167. The summed E-state index contributed by atoms with van der Waals surface area (Å²) in [4.78, 5) is 10.1. The summed E-state index contributed by atoms with van der Waals surface area (Å²) >= 11 is 3.30. The summed E-state index contributed by atoms with van der Waals surface area (Å²) in [5.74, 6) is 1.01. The van der Waals surface area contributed by atoms with Crippen LogP contribution < -0.4 is 4.90 Å². The fourth-order valence-corrected chi connectivity index (χ4v) is 2.00. The van der Waals surface area contributed by atoms with E-state index >= 15 is 0 Å². The third-order valence-electron chi connectivity index (χ3n) is 2.35. The van der Waals surface area contributed by atoms with Crippen molar-refractivity contribution < 1.29 is 4.39 Å².